The smallest absolute Gasteiger partial charge is 0.310 e. The maximum absolute atomic E-state index is 11.4. The SMILES string of the molecule is COC(=O)C1CS(=O)(=O)CC12CNC2. The lowest BCUT2D eigenvalue weighted by atomic mass is 9.73. The third kappa shape index (κ3) is 1.33. The fourth-order valence-corrected chi connectivity index (χ4v) is 4.68. The number of carbonyl (C=O) groups excluding carboxylic acids is 1. The summed E-state index contributed by atoms with van der Waals surface area (Å²) in [5.41, 5.74) is -0.383. The Balaban J connectivity index is 2.27. The van der Waals surface area contributed by atoms with Crippen LogP contribution in [0.5, 0.6) is 0 Å². The fourth-order valence-electron chi connectivity index (χ4n) is 2.28. The molecule has 5 nitrogen and oxygen atoms in total. The maximum atomic E-state index is 11.4. The second-order valence-corrected chi connectivity index (χ2v) is 6.21. The van der Waals surface area contributed by atoms with Gasteiger partial charge in [0, 0.05) is 18.5 Å². The zero-order valence-electron chi connectivity index (χ0n) is 7.95. The molecule has 0 radical (unpaired) electrons. The second kappa shape index (κ2) is 2.93. The summed E-state index contributed by atoms with van der Waals surface area (Å²) < 4.78 is 27.5. The van der Waals surface area contributed by atoms with E-state index in [0.717, 1.165) is 0 Å². The molecule has 1 spiro atoms. The molecule has 2 aliphatic heterocycles. The number of carbonyl (C=O) groups is 1. The average molecular weight is 219 g/mol. The summed E-state index contributed by atoms with van der Waals surface area (Å²) in [4.78, 5) is 11.4. The van der Waals surface area contributed by atoms with Crippen LogP contribution < -0.4 is 5.32 Å². The van der Waals surface area contributed by atoms with Gasteiger partial charge in [0.15, 0.2) is 9.84 Å². The summed E-state index contributed by atoms with van der Waals surface area (Å²) in [7, 11) is -1.76. The van der Waals surface area contributed by atoms with Gasteiger partial charge in [-0.2, -0.15) is 0 Å². The summed E-state index contributed by atoms with van der Waals surface area (Å²) in [5, 5.41) is 3.02. The lowest BCUT2D eigenvalue weighted by Crippen LogP contribution is -2.59. The molecular formula is C8H13NO4S. The first kappa shape index (κ1) is 9.92. The van der Waals surface area contributed by atoms with Crippen LogP contribution in [0.15, 0.2) is 0 Å². The van der Waals surface area contributed by atoms with Crippen LogP contribution in [0.2, 0.25) is 0 Å². The van der Waals surface area contributed by atoms with Gasteiger partial charge >= 0.3 is 5.97 Å². The van der Waals surface area contributed by atoms with Crippen molar-refractivity contribution in [2.45, 2.75) is 0 Å². The van der Waals surface area contributed by atoms with E-state index in [2.05, 4.69) is 10.1 Å². The van der Waals surface area contributed by atoms with Gasteiger partial charge in [0.1, 0.15) is 0 Å². The van der Waals surface area contributed by atoms with Crippen molar-refractivity contribution in [2.75, 3.05) is 31.7 Å². The number of ether oxygens (including phenoxy) is 1. The molecule has 2 heterocycles. The van der Waals surface area contributed by atoms with Crippen molar-refractivity contribution in [3.63, 3.8) is 0 Å². The van der Waals surface area contributed by atoms with Crippen LogP contribution in [-0.2, 0) is 19.4 Å². The summed E-state index contributed by atoms with van der Waals surface area (Å²) in [5.74, 6) is -0.806. The van der Waals surface area contributed by atoms with Gasteiger partial charge in [0.2, 0.25) is 0 Å². The Morgan fingerprint density at radius 2 is 2.14 bits per heavy atom. The molecule has 2 saturated heterocycles. The van der Waals surface area contributed by atoms with E-state index >= 15 is 0 Å². The molecule has 0 aliphatic carbocycles. The molecular weight excluding hydrogens is 206 g/mol. The number of sulfone groups is 1. The van der Waals surface area contributed by atoms with Crippen molar-refractivity contribution in [1.29, 1.82) is 0 Å². The molecule has 2 aliphatic rings. The number of rotatable bonds is 1. The highest BCUT2D eigenvalue weighted by Crippen LogP contribution is 2.41. The summed E-state index contributed by atoms with van der Waals surface area (Å²) >= 11 is 0. The second-order valence-electron chi connectivity index (χ2n) is 4.10. The molecule has 2 rings (SSSR count). The van der Waals surface area contributed by atoms with Crippen molar-refractivity contribution < 1.29 is 17.9 Å². The van der Waals surface area contributed by atoms with Gasteiger partial charge in [-0.3, -0.25) is 4.79 Å². The molecule has 2 fully saturated rings. The molecule has 0 saturated carbocycles. The maximum Gasteiger partial charge on any atom is 0.310 e. The van der Waals surface area contributed by atoms with Gasteiger partial charge in [-0.15, -0.1) is 0 Å². The van der Waals surface area contributed by atoms with E-state index in [1.165, 1.54) is 7.11 Å². The molecule has 0 aromatic rings. The fraction of sp³-hybridized carbons (Fsp3) is 0.875. The zero-order valence-corrected chi connectivity index (χ0v) is 8.76. The van der Waals surface area contributed by atoms with Gasteiger partial charge in [-0.05, 0) is 0 Å². The van der Waals surface area contributed by atoms with Crippen LogP contribution in [0, 0.1) is 11.3 Å². The summed E-state index contributed by atoms with van der Waals surface area (Å²) in [6.45, 7) is 1.21. The third-order valence-electron chi connectivity index (χ3n) is 3.11. The monoisotopic (exact) mass is 219 g/mol. The van der Waals surface area contributed by atoms with E-state index in [1.54, 1.807) is 0 Å². The highest BCUT2D eigenvalue weighted by molar-refractivity contribution is 7.91. The molecule has 0 amide bonds. The number of methoxy groups -OCH3 is 1. The van der Waals surface area contributed by atoms with E-state index in [0.29, 0.717) is 13.1 Å². The lowest BCUT2D eigenvalue weighted by molar-refractivity contribution is -0.149. The Bertz CT molecular complexity index is 358. The van der Waals surface area contributed by atoms with Crippen LogP contribution in [-0.4, -0.2) is 46.1 Å². The van der Waals surface area contributed by atoms with Gasteiger partial charge < -0.3 is 10.1 Å². The van der Waals surface area contributed by atoms with Crippen molar-refractivity contribution >= 4 is 15.8 Å². The molecule has 0 bridgehead atoms. The van der Waals surface area contributed by atoms with Crippen LogP contribution in [0.25, 0.3) is 0 Å². The number of hydrogen-bond donors (Lipinski definition) is 1. The van der Waals surface area contributed by atoms with Crippen molar-refractivity contribution in [3.8, 4) is 0 Å². The van der Waals surface area contributed by atoms with E-state index < -0.39 is 21.7 Å². The van der Waals surface area contributed by atoms with Gasteiger partial charge in [-0.1, -0.05) is 0 Å². The average Bonchev–Trinajstić information content (AvgIpc) is 2.35. The molecule has 80 valence electrons. The Kier molecular flexibility index (Phi) is 2.08. The number of esters is 1. The lowest BCUT2D eigenvalue weighted by Gasteiger charge is -2.41. The van der Waals surface area contributed by atoms with Crippen molar-refractivity contribution in [1.82, 2.24) is 5.32 Å². The molecule has 1 atom stereocenters. The van der Waals surface area contributed by atoms with Gasteiger partial charge in [0.05, 0.1) is 24.5 Å². The predicted octanol–water partition coefficient (Wildman–Crippen LogP) is -1.21. The Morgan fingerprint density at radius 1 is 1.50 bits per heavy atom. The van der Waals surface area contributed by atoms with Gasteiger partial charge in [0.25, 0.3) is 0 Å². The number of nitrogens with one attached hydrogen (secondary N) is 1. The van der Waals surface area contributed by atoms with E-state index in [9.17, 15) is 13.2 Å². The number of hydrogen-bond acceptors (Lipinski definition) is 5. The minimum Gasteiger partial charge on any atom is -0.469 e. The van der Waals surface area contributed by atoms with Crippen LogP contribution in [0.4, 0.5) is 0 Å². The minimum atomic E-state index is -3.06. The van der Waals surface area contributed by atoms with E-state index in [1.807, 2.05) is 0 Å². The van der Waals surface area contributed by atoms with Gasteiger partial charge in [-0.25, -0.2) is 8.42 Å². The van der Waals surface area contributed by atoms with E-state index in [-0.39, 0.29) is 16.9 Å². The summed E-state index contributed by atoms with van der Waals surface area (Å²) in [6, 6.07) is 0. The van der Waals surface area contributed by atoms with Crippen molar-refractivity contribution in [3.05, 3.63) is 0 Å². The van der Waals surface area contributed by atoms with Crippen LogP contribution in [0.1, 0.15) is 0 Å². The predicted molar refractivity (Wildman–Crippen MR) is 49.5 cm³/mol. The Morgan fingerprint density at radius 3 is 2.57 bits per heavy atom. The highest BCUT2D eigenvalue weighted by Gasteiger charge is 2.57. The molecule has 1 unspecified atom stereocenters. The first-order chi connectivity index (χ1) is 6.49. The van der Waals surface area contributed by atoms with Crippen molar-refractivity contribution in [2.24, 2.45) is 11.3 Å². The standard InChI is InChI=1S/C8H13NO4S/c1-13-7(10)6-2-14(11,12)5-8(6)3-9-4-8/h6,9H,2-5H2,1H3. The Labute approximate surface area is 82.7 Å². The first-order valence-corrected chi connectivity index (χ1v) is 6.30. The Hall–Kier alpha value is -0.620. The van der Waals surface area contributed by atoms with E-state index in [4.69, 9.17) is 0 Å². The molecule has 0 aromatic carbocycles. The van der Waals surface area contributed by atoms with Crippen LogP contribution >= 0.6 is 0 Å². The summed E-state index contributed by atoms with van der Waals surface area (Å²) in [6.07, 6.45) is 0. The molecule has 0 aromatic heterocycles. The molecule has 1 N–H and O–H groups in total. The first-order valence-electron chi connectivity index (χ1n) is 4.48. The largest absolute Gasteiger partial charge is 0.469 e. The topological polar surface area (TPSA) is 72.5 Å². The normalized spacial score (nSPS) is 32.5. The highest BCUT2D eigenvalue weighted by atomic mass is 32.2. The third-order valence-corrected chi connectivity index (χ3v) is 4.96. The van der Waals surface area contributed by atoms with Crippen LogP contribution in [0.3, 0.4) is 0 Å². The minimum absolute atomic E-state index is 0.0542. The zero-order chi connectivity index (χ0) is 10.4. The molecule has 14 heavy (non-hydrogen) atoms. The molecule has 6 heteroatoms. The quantitative estimate of drug-likeness (QED) is 0.560.